The highest BCUT2D eigenvalue weighted by atomic mass is 35.5. The van der Waals surface area contributed by atoms with E-state index < -0.39 is 5.82 Å². The molecule has 0 unspecified atom stereocenters. The van der Waals surface area contributed by atoms with Gasteiger partial charge < -0.3 is 0 Å². The van der Waals surface area contributed by atoms with Crippen LogP contribution >= 0.6 is 34.8 Å². The van der Waals surface area contributed by atoms with Crippen LogP contribution in [0.25, 0.3) is 0 Å². The van der Waals surface area contributed by atoms with Crippen molar-refractivity contribution in [3.8, 4) is 0 Å². The fraction of sp³-hybridized carbons (Fsp3) is 0.143. The predicted molar refractivity (Wildman–Crippen MR) is 46.0 cm³/mol. The third kappa shape index (κ3) is 1.98. The molecule has 0 aromatic heterocycles. The zero-order valence-corrected chi connectivity index (χ0v) is 7.64. The van der Waals surface area contributed by atoms with Crippen molar-refractivity contribution in [2.24, 2.45) is 0 Å². The standard InChI is InChI=1S/C7H4Cl3F/c8-3-4-1-5(9)2-6(10)7(4)11/h1-2H,3H2. The normalized spacial score (nSPS) is 10.2. The van der Waals surface area contributed by atoms with Gasteiger partial charge in [0.15, 0.2) is 0 Å². The summed E-state index contributed by atoms with van der Waals surface area (Å²) in [6.07, 6.45) is 0. The smallest absolute Gasteiger partial charge is 0.146 e. The van der Waals surface area contributed by atoms with E-state index in [2.05, 4.69) is 0 Å². The van der Waals surface area contributed by atoms with E-state index >= 15 is 0 Å². The lowest BCUT2D eigenvalue weighted by Crippen LogP contribution is -1.86. The van der Waals surface area contributed by atoms with Crippen molar-refractivity contribution in [1.82, 2.24) is 0 Å². The van der Waals surface area contributed by atoms with Gasteiger partial charge >= 0.3 is 0 Å². The van der Waals surface area contributed by atoms with Gasteiger partial charge in [-0.25, -0.2) is 4.39 Å². The monoisotopic (exact) mass is 212 g/mol. The molecule has 0 fully saturated rings. The van der Waals surface area contributed by atoms with Gasteiger partial charge in [0.2, 0.25) is 0 Å². The van der Waals surface area contributed by atoms with Crippen molar-refractivity contribution in [1.29, 1.82) is 0 Å². The van der Waals surface area contributed by atoms with Crippen molar-refractivity contribution < 1.29 is 4.39 Å². The fourth-order valence-electron chi connectivity index (χ4n) is 0.707. The molecule has 0 saturated heterocycles. The SMILES string of the molecule is Fc1c(Cl)cc(Cl)cc1CCl. The molecule has 1 rings (SSSR count). The lowest BCUT2D eigenvalue weighted by atomic mass is 10.2. The molecule has 0 atom stereocenters. The topological polar surface area (TPSA) is 0 Å². The zero-order valence-electron chi connectivity index (χ0n) is 5.37. The molecular formula is C7H4Cl3F. The van der Waals surface area contributed by atoms with Crippen LogP contribution < -0.4 is 0 Å². The summed E-state index contributed by atoms with van der Waals surface area (Å²) in [7, 11) is 0. The summed E-state index contributed by atoms with van der Waals surface area (Å²) >= 11 is 16.5. The molecule has 60 valence electrons. The van der Waals surface area contributed by atoms with Crippen LogP contribution in [0.5, 0.6) is 0 Å². The van der Waals surface area contributed by atoms with Gasteiger partial charge in [-0.2, -0.15) is 0 Å². The maximum atomic E-state index is 12.9. The van der Waals surface area contributed by atoms with Gasteiger partial charge in [0.1, 0.15) is 5.82 Å². The van der Waals surface area contributed by atoms with E-state index in [1.54, 1.807) is 0 Å². The largest absolute Gasteiger partial charge is 0.205 e. The van der Waals surface area contributed by atoms with E-state index in [0.29, 0.717) is 10.6 Å². The Labute approximate surface area is 78.9 Å². The summed E-state index contributed by atoms with van der Waals surface area (Å²) in [5.74, 6) is -0.419. The highest BCUT2D eigenvalue weighted by Crippen LogP contribution is 2.24. The second kappa shape index (κ2) is 3.61. The average molecular weight is 213 g/mol. The van der Waals surface area contributed by atoms with Gasteiger partial charge in [0.05, 0.1) is 10.9 Å². The number of hydrogen-bond donors (Lipinski definition) is 0. The minimum Gasteiger partial charge on any atom is -0.205 e. The molecule has 0 aliphatic heterocycles. The number of halogens is 4. The van der Waals surface area contributed by atoms with E-state index in [0.717, 1.165) is 0 Å². The van der Waals surface area contributed by atoms with Crippen molar-refractivity contribution in [2.45, 2.75) is 5.88 Å². The minimum absolute atomic E-state index is 0.00755. The predicted octanol–water partition coefficient (Wildman–Crippen LogP) is 3.87. The van der Waals surface area contributed by atoms with E-state index in [1.807, 2.05) is 0 Å². The van der Waals surface area contributed by atoms with E-state index in [9.17, 15) is 4.39 Å². The molecule has 0 nitrogen and oxygen atoms in total. The molecular weight excluding hydrogens is 209 g/mol. The molecule has 0 N–H and O–H groups in total. The van der Waals surface area contributed by atoms with E-state index in [-0.39, 0.29) is 10.9 Å². The molecule has 0 amide bonds. The molecule has 4 heteroatoms. The third-order valence-corrected chi connectivity index (χ3v) is 1.99. The van der Waals surface area contributed by atoms with Crippen molar-refractivity contribution in [3.05, 3.63) is 33.6 Å². The van der Waals surface area contributed by atoms with E-state index in [4.69, 9.17) is 34.8 Å². The van der Waals surface area contributed by atoms with Crippen molar-refractivity contribution in [3.63, 3.8) is 0 Å². The van der Waals surface area contributed by atoms with Crippen LogP contribution in [0.2, 0.25) is 10.0 Å². The number of benzene rings is 1. The molecule has 1 aromatic carbocycles. The molecule has 0 saturated carbocycles. The fourth-order valence-corrected chi connectivity index (χ4v) is 1.44. The minimum atomic E-state index is -0.494. The lowest BCUT2D eigenvalue weighted by Gasteiger charge is -2.00. The Balaban J connectivity index is 3.24. The molecule has 0 spiro atoms. The number of alkyl halides is 1. The van der Waals surface area contributed by atoms with Crippen LogP contribution in [0, 0.1) is 5.82 Å². The second-order valence-electron chi connectivity index (χ2n) is 1.99. The molecule has 0 aliphatic carbocycles. The summed E-state index contributed by atoms with van der Waals surface area (Å²) in [5, 5.41) is 0.403. The molecule has 0 heterocycles. The van der Waals surface area contributed by atoms with Crippen LogP contribution in [0.4, 0.5) is 4.39 Å². The Morgan fingerprint density at radius 2 is 1.91 bits per heavy atom. The van der Waals surface area contributed by atoms with Gasteiger partial charge in [-0.15, -0.1) is 11.6 Å². The van der Waals surface area contributed by atoms with Crippen molar-refractivity contribution in [2.75, 3.05) is 0 Å². The van der Waals surface area contributed by atoms with E-state index in [1.165, 1.54) is 12.1 Å². The third-order valence-electron chi connectivity index (χ3n) is 1.21. The Kier molecular flexibility index (Phi) is 2.99. The summed E-state index contributed by atoms with van der Waals surface area (Å²) in [4.78, 5) is 0. The summed E-state index contributed by atoms with van der Waals surface area (Å²) in [6, 6.07) is 2.80. The van der Waals surface area contributed by atoms with Crippen LogP contribution in [0.3, 0.4) is 0 Å². The molecule has 1 aromatic rings. The molecule has 0 radical (unpaired) electrons. The second-order valence-corrected chi connectivity index (χ2v) is 3.11. The first kappa shape index (κ1) is 9.11. The molecule has 0 bridgehead atoms. The first-order chi connectivity index (χ1) is 5.15. The Hall–Kier alpha value is 0.0200. The lowest BCUT2D eigenvalue weighted by molar-refractivity contribution is 0.617. The highest BCUT2D eigenvalue weighted by molar-refractivity contribution is 6.34. The van der Waals surface area contributed by atoms with Crippen LogP contribution in [0.1, 0.15) is 5.56 Å². The van der Waals surface area contributed by atoms with Gasteiger partial charge in [0, 0.05) is 10.6 Å². The summed E-state index contributed by atoms with van der Waals surface area (Å²) in [6.45, 7) is 0. The first-order valence-corrected chi connectivity index (χ1v) is 4.13. The first-order valence-electron chi connectivity index (χ1n) is 2.84. The summed E-state index contributed by atoms with van der Waals surface area (Å²) in [5.41, 5.74) is 0.323. The number of hydrogen-bond acceptors (Lipinski definition) is 0. The van der Waals surface area contributed by atoms with Gasteiger partial charge in [-0.1, -0.05) is 23.2 Å². The molecule has 11 heavy (non-hydrogen) atoms. The Morgan fingerprint density at radius 1 is 1.27 bits per heavy atom. The zero-order chi connectivity index (χ0) is 8.43. The van der Waals surface area contributed by atoms with Crippen LogP contribution in [0.15, 0.2) is 12.1 Å². The van der Waals surface area contributed by atoms with Gasteiger partial charge in [-0.3, -0.25) is 0 Å². The molecule has 0 aliphatic rings. The van der Waals surface area contributed by atoms with Crippen molar-refractivity contribution >= 4 is 34.8 Å². The Morgan fingerprint density at radius 3 is 2.45 bits per heavy atom. The van der Waals surface area contributed by atoms with Crippen LogP contribution in [-0.4, -0.2) is 0 Å². The number of rotatable bonds is 1. The van der Waals surface area contributed by atoms with Crippen LogP contribution in [-0.2, 0) is 5.88 Å². The maximum absolute atomic E-state index is 12.9. The summed E-state index contributed by atoms with van der Waals surface area (Å²) < 4.78 is 12.9. The van der Waals surface area contributed by atoms with Gasteiger partial charge in [0.25, 0.3) is 0 Å². The van der Waals surface area contributed by atoms with Gasteiger partial charge in [-0.05, 0) is 12.1 Å². The highest BCUT2D eigenvalue weighted by Gasteiger charge is 2.06. The average Bonchev–Trinajstić information content (AvgIpc) is 1.96. The Bertz CT molecular complexity index is 273. The quantitative estimate of drug-likeness (QED) is 0.491. The maximum Gasteiger partial charge on any atom is 0.146 e.